The van der Waals surface area contributed by atoms with Crippen molar-refractivity contribution in [3.05, 3.63) is 82.5 Å². The number of Topliss-reactive ketones (excluding diaryl/α,β-unsaturated/α-hetero) is 1. The Morgan fingerprint density at radius 3 is 2.59 bits per heavy atom. The molecule has 1 saturated heterocycles. The molecule has 2 heterocycles. The number of aliphatic hydroxyl groups is 1. The molecule has 1 aliphatic rings. The van der Waals surface area contributed by atoms with Gasteiger partial charge in [0.1, 0.15) is 23.1 Å². The molecule has 1 aromatic heterocycles. The number of aromatic nitrogens is 1. The number of rotatable bonds is 11. The van der Waals surface area contributed by atoms with Gasteiger partial charge in [-0.2, -0.15) is 0 Å². The summed E-state index contributed by atoms with van der Waals surface area (Å²) >= 11 is 0. The first-order valence-corrected chi connectivity index (χ1v) is 13.2. The summed E-state index contributed by atoms with van der Waals surface area (Å²) in [5.41, 5.74) is 1.87. The van der Waals surface area contributed by atoms with E-state index in [2.05, 4.69) is 21.9 Å². The molecule has 7 nitrogen and oxygen atoms in total. The summed E-state index contributed by atoms with van der Waals surface area (Å²) in [5.74, 6) is 6.48. The van der Waals surface area contributed by atoms with Crippen molar-refractivity contribution in [2.75, 3.05) is 46.1 Å². The second kappa shape index (κ2) is 13.5. The zero-order chi connectivity index (χ0) is 27.7. The Kier molecular flexibility index (Phi) is 9.88. The number of hydrogen-bond acceptors (Lipinski definition) is 7. The molecule has 1 fully saturated rings. The first kappa shape index (κ1) is 28.5. The quantitative estimate of drug-likeness (QED) is 0.295. The van der Waals surface area contributed by atoms with Crippen LogP contribution in [0.4, 0.5) is 4.39 Å². The van der Waals surface area contributed by atoms with Crippen molar-refractivity contribution in [2.24, 2.45) is 0 Å². The summed E-state index contributed by atoms with van der Waals surface area (Å²) in [6.07, 6.45) is 1.27. The first-order valence-electron chi connectivity index (χ1n) is 13.2. The van der Waals surface area contributed by atoms with Crippen LogP contribution in [-0.4, -0.2) is 67.0 Å². The Morgan fingerprint density at radius 2 is 1.87 bits per heavy atom. The lowest BCUT2D eigenvalue weighted by molar-refractivity contribution is -0.117. The molecule has 0 atom stereocenters. The lowest BCUT2D eigenvalue weighted by Crippen LogP contribution is -2.37. The predicted molar refractivity (Wildman–Crippen MR) is 145 cm³/mol. The highest BCUT2D eigenvalue weighted by molar-refractivity contribution is 5.82. The maximum atomic E-state index is 14.6. The minimum atomic E-state index is -0.549. The van der Waals surface area contributed by atoms with E-state index in [4.69, 9.17) is 14.0 Å². The normalized spacial score (nSPS) is 14.1. The minimum Gasteiger partial charge on any atom is -0.493 e. The molecule has 0 spiro atoms. The highest BCUT2D eigenvalue weighted by Gasteiger charge is 2.25. The summed E-state index contributed by atoms with van der Waals surface area (Å²) in [4.78, 5) is 14.8. The van der Waals surface area contributed by atoms with Crippen molar-refractivity contribution >= 4 is 5.78 Å². The van der Waals surface area contributed by atoms with E-state index < -0.39 is 11.2 Å². The molecule has 2 aromatic carbocycles. The van der Waals surface area contributed by atoms with E-state index in [0.717, 1.165) is 50.4 Å². The Bertz CT molecular complexity index is 1300. The molecular weight excluding hydrogens is 499 g/mol. The molecule has 0 saturated carbocycles. The van der Waals surface area contributed by atoms with Gasteiger partial charge in [0.25, 0.3) is 0 Å². The number of morpholine rings is 1. The number of aliphatic hydroxyl groups excluding tert-OH is 1. The molecule has 8 heteroatoms. The van der Waals surface area contributed by atoms with Crippen molar-refractivity contribution in [2.45, 2.75) is 38.5 Å². The van der Waals surface area contributed by atoms with E-state index in [9.17, 15) is 14.3 Å². The van der Waals surface area contributed by atoms with Crippen LogP contribution in [0, 0.1) is 17.7 Å². The fraction of sp³-hybridized carbons (Fsp3) is 0.419. The highest BCUT2D eigenvalue weighted by atomic mass is 19.1. The van der Waals surface area contributed by atoms with Crippen molar-refractivity contribution in [3.63, 3.8) is 0 Å². The summed E-state index contributed by atoms with van der Waals surface area (Å²) < 4.78 is 30.9. The van der Waals surface area contributed by atoms with E-state index >= 15 is 0 Å². The van der Waals surface area contributed by atoms with Gasteiger partial charge in [-0.1, -0.05) is 43.0 Å². The maximum absolute atomic E-state index is 14.6. The van der Waals surface area contributed by atoms with Gasteiger partial charge in [0, 0.05) is 49.2 Å². The van der Waals surface area contributed by atoms with Gasteiger partial charge >= 0.3 is 0 Å². The van der Waals surface area contributed by atoms with Crippen LogP contribution in [0.15, 0.2) is 53.1 Å². The molecular formula is C31H35FN2O5. The second-order valence-corrected chi connectivity index (χ2v) is 10.4. The minimum absolute atomic E-state index is 0.000892. The average molecular weight is 535 g/mol. The molecule has 39 heavy (non-hydrogen) atoms. The molecule has 0 bridgehead atoms. The van der Waals surface area contributed by atoms with E-state index in [0.29, 0.717) is 29.4 Å². The van der Waals surface area contributed by atoms with Crippen LogP contribution in [-0.2, 0) is 27.8 Å². The molecule has 206 valence electrons. The summed E-state index contributed by atoms with van der Waals surface area (Å²) in [5, 5.41) is 13.4. The van der Waals surface area contributed by atoms with E-state index in [1.54, 1.807) is 18.2 Å². The van der Waals surface area contributed by atoms with Gasteiger partial charge in [-0.3, -0.25) is 9.69 Å². The summed E-state index contributed by atoms with van der Waals surface area (Å²) in [6, 6.07) is 13.8. The van der Waals surface area contributed by atoms with Gasteiger partial charge < -0.3 is 19.1 Å². The third-order valence-electron chi connectivity index (χ3n) is 6.63. The van der Waals surface area contributed by atoms with Gasteiger partial charge in [-0.25, -0.2) is 4.39 Å². The Balaban J connectivity index is 1.25. The topological polar surface area (TPSA) is 85.0 Å². The van der Waals surface area contributed by atoms with Crippen molar-refractivity contribution in [1.82, 2.24) is 10.1 Å². The zero-order valence-corrected chi connectivity index (χ0v) is 22.5. The van der Waals surface area contributed by atoms with E-state index in [1.807, 2.05) is 38.1 Å². The number of halogens is 1. The van der Waals surface area contributed by atoms with Gasteiger partial charge in [-0.05, 0) is 36.2 Å². The molecule has 0 aliphatic carbocycles. The standard InChI is InChI=1S/C31H35FN2O5/c1-31(2,22-35)30-20-26(33-39-30)19-27(36)18-24-6-4-23(5-7-24)8-9-25-10-11-28(21-29(25)32)38-15-3-12-34-13-16-37-17-14-34/h4-7,10-11,20-21,35H,3,12-19,22H2,1-2H3. The molecule has 1 aliphatic heterocycles. The molecule has 0 radical (unpaired) electrons. The number of nitrogens with zero attached hydrogens (tertiary/aromatic N) is 2. The average Bonchev–Trinajstić information content (AvgIpc) is 3.41. The van der Waals surface area contributed by atoms with Crippen LogP contribution in [0.25, 0.3) is 0 Å². The largest absolute Gasteiger partial charge is 0.493 e. The number of ether oxygens (including phenoxy) is 2. The van der Waals surface area contributed by atoms with Crippen LogP contribution in [0.1, 0.15) is 48.4 Å². The Labute approximate surface area is 228 Å². The predicted octanol–water partition coefficient (Wildman–Crippen LogP) is 3.94. The summed E-state index contributed by atoms with van der Waals surface area (Å²) in [7, 11) is 0. The SMILES string of the molecule is CC(C)(CO)c1cc(CC(=O)Cc2ccc(C#Cc3ccc(OCCCN4CCOCC4)cc3F)cc2)no1. The van der Waals surface area contributed by atoms with Crippen LogP contribution < -0.4 is 4.74 Å². The van der Waals surface area contributed by atoms with Crippen molar-refractivity contribution < 1.29 is 28.3 Å². The monoisotopic (exact) mass is 534 g/mol. The number of ketones is 1. The molecule has 4 rings (SSSR count). The zero-order valence-electron chi connectivity index (χ0n) is 22.5. The number of carbonyl (C=O) groups excluding carboxylic acids is 1. The maximum Gasteiger partial charge on any atom is 0.144 e. The number of hydrogen-bond donors (Lipinski definition) is 1. The third kappa shape index (κ3) is 8.49. The van der Waals surface area contributed by atoms with Gasteiger partial charge in [0.2, 0.25) is 0 Å². The fourth-order valence-corrected chi connectivity index (χ4v) is 4.12. The molecule has 3 aromatic rings. The third-order valence-corrected chi connectivity index (χ3v) is 6.63. The van der Waals surface area contributed by atoms with Crippen LogP contribution in [0.2, 0.25) is 0 Å². The molecule has 1 N–H and O–H groups in total. The molecule has 0 unspecified atom stereocenters. The summed E-state index contributed by atoms with van der Waals surface area (Å²) in [6.45, 7) is 8.51. The number of carbonyl (C=O) groups is 1. The van der Waals surface area contributed by atoms with Gasteiger partial charge in [-0.15, -0.1) is 0 Å². The van der Waals surface area contributed by atoms with Crippen LogP contribution in [0.5, 0.6) is 5.75 Å². The Hall–Kier alpha value is -3.51. The number of benzene rings is 2. The van der Waals surface area contributed by atoms with Gasteiger partial charge in [0.15, 0.2) is 0 Å². The van der Waals surface area contributed by atoms with Crippen molar-refractivity contribution in [3.8, 4) is 17.6 Å². The lowest BCUT2D eigenvalue weighted by Gasteiger charge is -2.26. The highest BCUT2D eigenvalue weighted by Crippen LogP contribution is 2.23. The Morgan fingerprint density at radius 1 is 1.10 bits per heavy atom. The lowest BCUT2D eigenvalue weighted by atomic mass is 9.91. The van der Waals surface area contributed by atoms with E-state index in [-0.39, 0.29) is 25.2 Å². The fourth-order valence-electron chi connectivity index (χ4n) is 4.12. The first-order chi connectivity index (χ1) is 18.8. The van der Waals surface area contributed by atoms with Crippen LogP contribution >= 0.6 is 0 Å². The molecule has 0 amide bonds. The van der Waals surface area contributed by atoms with Gasteiger partial charge in [0.05, 0.1) is 44.1 Å². The second-order valence-electron chi connectivity index (χ2n) is 10.4. The smallest absolute Gasteiger partial charge is 0.144 e. The van der Waals surface area contributed by atoms with Crippen LogP contribution in [0.3, 0.4) is 0 Å². The van der Waals surface area contributed by atoms with E-state index in [1.165, 1.54) is 6.07 Å². The van der Waals surface area contributed by atoms with Crippen molar-refractivity contribution in [1.29, 1.82) is 0 Å².